The first-order valence-corrected chi connectivity index (χ1v) is 6.19. The van der Waals surface area contributed by atoms with Crippen LogP contribution >= 0.6 is 0 Å². The first-order chi connectivity index (χ1) is 8.13. The molecule has 0 spiro atoms. The number of piperidine rings is 1. The zero-order valence-corrected chi connectivity index (χ0v) is 10.8. The van der Waals surface area contributed by atoms with E-state index in [0.29, 0.717) is 0 Å². The third-order valence-corrected chi connectivity index (χ3v) is 3.59. The second kappa shape index (κ2) is 4.88. The average Bonchev–Trinajstić information content (AvgIpc) is 2.33. The second-order valence-electron chi connectivity index (χ2n) is 4.74. The molecule has 3 heteroatoms. The monoisotopic (exact) mass is 232 g/mol. The molecule has 1 aromatic rings. The summed E-state index contributed by atoms with van der Waals surface area (Å²) in [6.07, 6.45) is 2.00. The first kappa shape index (κ1) is 12.1. The van der Waals surface area contributed by atoms with Crippen LogP contribution in [-0.4, -0.2) is 25.5 Å². The van der Waals surface area contributed by atoms with Gasteiger partial charge in [0.15, 0.2) is 0 Å². The summed E-state index contributed by atoms with van der Waals surface area (Å²) in [5.74, 6) is 0.196. The molecule has 0 bridgehead atoms. The highest BCUT2D eigenvalue weighted by molar-refractivity contribution is 5.98. The molecule has 2 rings (SSSR count). The van der Waals surface area contributed by atoms with E-state index in [0.717, 1.165) is 25.1 Å². The molecule has 1 aromatic carbocycles. The smallest absolute Gasteiger partial charge is 0.244 e. The van der Waals surface area contributed by atoms with Crippen LogP contribution in [0.15, 0.2) is 18.2 Å². The van der Waals surface area contributed by atoms with E-state index in [4.69, 9.17) is 0 Å². The van der Waals surface area contributed by atoms with E-state index in [1.54, 1.807) is 0 Å². The number of aryl methyl sites for hydroxylation is 2. The summed E-state index contributed by atoms with van der Waals surface area (Å²) in [6, 6.07) is 6.20. The van der Waals surface area contributed by atoms with E-state index in [1.165, 1.54) is 11.1 Å². The minimum absolute atomic E-state index is 0.0228. The van der Waals surface area contributed by atoms with Crippen LogP contribution in [0.2, 0.25) is 0 Å². The van der Waals surface area contributed by atoms with E-state index < -0.39 is 0 Å². The van der Waals surface area contributed by atoms with Gasteiger partial charge in [0.1, 0.15) is 0 Å². The molecule has 1 aliphatic rings. The molecular formula is C14H20N2O. The van der Waals surface area contributed by atoms with E-state index in [9.17, 15) is 4.79 Å². The molecule has 1 heterocycles. The summed E-state index contributed by atoms with van der Waals surface area (Å²) in [5.41, 5.74) is 3.53. The van der Waals surface area contributed by atoms with Gasteiger partial charge in [-0.05, 0) is 57.0 Å². The van der Waals surface area contributed by atoms with Crippen LogP contribution in [0.25, 0.3) is 0 Å². The van der Waals surface area contributed by atoms with E-state index in [2.05, 4.69) is 31.3 Å². The third kappa shape index (κ3) is 2.34. The van der Waals surface area contributed by atoms with Crippen LogP contribution in [0, 0.1) is 13.8 Å². The highest BCUT2D eigenvalue weighted by Crippen LogP contribution is 2.23. The Morgan fingerprint density at radius 2 is 2.06 bits per heavy atom. The molecule has 1 atom stereocenters. The third-order valence-electron chi connectivity index (χ3n) is 3.59. The van der Waals surface area contributed by atoms with Crippen molar-refractivity contribution in [2.24, 2.45) is 0 Å². The number of nitrogens with one attached hydrogen (secondary N) is 1. The molecule has 1 aliphatic heterocycles. The van der Waals surface area contributed by atoms with Gasteiger partial charge in [-0.15, -0.1) is 0 Å². The van der Waals surface area contributed by atoms with Gasteiger partial charge in [-0.25, -0.2) is 0 Å². The predicted octanol–water partition coefficient (Wildman–Crippen LogP) is 2.02. The number of anilines is 1. The molecule has 0 saturated carbocycles. The molecule has 1 N–H and O–H groups in total. The Morgan fingerprint density at radius 3 is 2.71 bits per heavy atom. The molecular weight excluding hydrogens is 212 g/mol. The van der Waals surface area contributed by atoms with Crippen LogP contribution in [0.1, 0.15) is 24.0 Å². The maximum atomic E-state index is 12.2. The average molecular weight is 232 g/mol. The van der Waals surface area contributed by atoms with Crippen molar-refractivity contribution in [1.82, 2.24) is 5.32 Å². The van der Waals surface area contributed by atoms with Crippen LogP contribution < -0.4 is 10.2 Å². The molecule has 0 radical (unpaired) electrons. The fourth-order valence-corrected chi connectivity index (χ4v) is 2.29. The minimum Gasteiger partial charge on any atom is -0.311 e. The summed E-state index contributed by atoms with van der Waals surface area (Å²) in [4.78, 5) is 14.1. The van der Waals surface area contributed by atoms with Gasteiger partial charge >= 0.3 is 0 Å². The molecule has 1 unspecified atom stereocenters. The Kier molecular flexibility index (Phi) is 3.48. The summed E-state index contributed by atoms with van der Waals surface area (Å²) >= 11 is 0. The largest absolute Gasteiger partial charge is 0.311 e. The lowest BCUT2D eigenvalue weighted by Crippen LogP contribution is -2.49. The Hall–Kier alpha value is -1.35. The number of carbonyl (C=O) groups is 1. The summed E-state index contributed by atoms with van der Waals surface area (Å²) in [6.45, 7) is 5.01. The summed E-state index contributed by atoms with van der Waals surface area (Å²) in [5, 5.41) is 3.09. The number of benzene rings is 1. The van der Waals surface area contributed by atoms with Crippen LogP contribution in [0.4, 0.5) is 5.69 Å². The normalized spacial score (nSPS) is 20.8. The fraction of sp³-hybridized carbons (Fsp3) is 0.500. The van der Waals surface area contributed by atoms with Crippen molar-refractivity contribution in [1.29, 1.82) is 0 Å². The topological polar surface area (TPSA) is 32.3 Å². The number of carbonyl (C=O) groups excluding carboxylic acids is 1. The quantitative estimate of drug-likeness (QED) is 0.846. The van der Waals surface area contributed by atoms with Gasteiger partial charge in [-0.1, -0.05) is 6.07 Å². The number of likely N-dealkylation sites (N-methyl/N-ethyl adjacent to an activating group) is 1. The van der Waals surface area contributed by atoms with E-state index in [-0.39, 0.29) is 11.9 Å². The van der Waals surface area contributed by atoms with Crippen molar-refractivity contribution < 1.29 is 4.79 Å². The van der Waals surface area contributed by atoms with Crippen LogP contribution in [0.5, 0.6) is 0 Å². The van der Waals surface area contributed by atoms with Crippen molar-refractivity contribution in [2.75, 3.05) is 18.5 Å². The first-order valence-electron chi connectivity index (χ1n) is 6.19. The zero-order valence-electron chi connectivity index (χ0n) is 10.8. The fourth-order valence-electron chi connectivity index (χ4n) is 2.29. The van der Waals surface area contributed by atoms with Gasteiger partial charge in [0.2, 0.25) is 5.91 Å². The van der Waals surface area contributed by atoms with Gasteiger partial charge in [0.25, 0.3) is 0 Å². The van der Waals surface area contributed by atoms with Crippen molar-refractivity contribution in [2.45, 2.75) is 32.7 Å². The van der Waals surface area contributed by atoms with Crippen molar-refractivity contribution in [3.63, 3.8) is 0 Å². The van der Waals surface area contributed by atoms with Gasteiger partial charge in [0, 0.05) is 12.2 Å². The number of amides is 1. The number of hydrogen-bond acceptors (Lipinski definition) is 2. The Bertz CT molecular complexity index is 428. The van der Waals surface area contributed by atoms with E-state index >= 15 is 0 Å². The Balaban J connectivity index is 2.26. The molecule has 1 amide bonds. The lowest BCUT2D eigenvalue weighted by molar-refractivity contribution is -0.121. The molecule has 1 fully saturated rings. The molecule has 0 aromatic heterocycles. The Labute approximate surface area is 103 Å². The van der Waals surface area contributed by atoms with Gasteiger partial charge in [-0.2, -0.15) is 0 Å². The van der Waals surface area contributed by atoms with Crippen molar-refractivity contribution in [3.8, 4) is 0 Å². The molecule has 92 valence electrons. The number of rotatable bonds is 2. The van der Waals surface area contributed by atoms with Gasteiger partial charge in [0.05, 0.1) is 6.04 Å². The second-order valence-corrected chi connectivity index (χ2v) is 4.74. The number of hydrogen-bond donors (Lipinski definition) is 1. The zero-order chi connectivity index (χ0) is 12.4. The SMILES string of the molecule is CNC1CCCN(c2ccc(C)c(C)c2)C1=O. The maximum Gasteiger partial charge on any atom is 0.244 e. The van der Waals surface area contributed by atoms with Crippen LogP contribution in [-0.2, 0) is 4.79 Å². The molecule has 1 saturated heterocycles. The number of nitrogens with zero attached hydrogens (tertiary/aromatic N) is 1. The highest BCUT2D eigenvalue weighted by atomic mass is 16.2. The maximum absolute atomic E-state index is 12.2. The van der Waals surface area contributed by atoms with Gasteiger partial charge < -0.3 is 10.2 Å². The molecule has 0 aliphatic carbocycles. The standard InChI is InChI=1S/C14H20N2O/c1-10-6-7-12(9-11(10)2)16-8-4-5-13(15-3)14(16)17/h6-7,9,13,15H,4-5,8H2,1-3H3. The minimum atomic E-state index is -0.0228. The van der Waals surface area contributed by atoms with Crippen molar-refractivity contribution in [3.05, 3.63) is 29.3 Å². The Morgan fingerprint density at radius 1 is 1.29 bits per heavy atom. The van der Waals surface area contributed by atoms with E-state index in [1.807, 2.05) is 18.0 Å². The highest BCUT2D eigenvalue weighted by Gasteiger charge is 2.28. The summed E-state index contributed by atoms with van der Waals surface area (Å²) in [7, 11) is 1.85. The van der Waals surface area contributed by atoms with Gasteiger partial charge in [-0.3, -0.25) is 4.79 Å². The lowest BCUT2D eigenvalue weighted by Gasteiger charge is -2.32. The summed E-state index contributed by atoms with van der Waals surface area (Å²) < 4.78 is 0. The molecule has 3 nitrogen and oxygen atoms in total. The van der Waals surface area contributed by atoms with Crippen LogP contribution in [0.3, 0.4) is 0 Å². The predicted molar refractivity (Wildman–Crippen MR) is 70.4 cm³/mol. The lowest BCUT2D eigenvalue weighted by atomic mass is 10.0. The van der Waals surface area contributed by atoms with Crippen molar-refractivity contribution >= 4 is 11.6 Å². The molecule has 17 heavy (non-hydrogen) atoms.